The van der Waals surface area contributed by atoms with E-state index >= 15 is 0 Å². The summed E-state index contributed by atoms with van der Waals surface area (Å²) >= 11 is 1.81. The first-order valence-electron chi connectivity index (χ1n) is 4.51. The minimum atomic E-state index is 0. The van der Waals surface area contributed by atoms with Gasteiger partial charge in [0.05, 0.1) is 0 Å². The molecule has 0 saturated carbocycles. The first kappa shape index (κ1) is 13.8. The van der Waals surface area contributed by atoms with Gasteiger partial charge in [0, 0.05) is 23.9 Å². The SMILES string of the molecule is C[C@@H](CN)NC(=O)C1=CCCSC1.Cl. The summed E-state index contributed by atoms with van der Waals surface area (Å²) in [5.74, 6) is 2.01. The zero-order chi connectivity index (χ0) is 9.68. The van der Waals surface area contributed by atoms with Crippen molar-refractivity contribution in [3.05, 3.63) is 11.6 Å². The Balaban J connectivity index is 0.00000169. The first-order chi connectivity index (χ1) is 6.24. The maximum absolute atomic E-state index is 11.5. The molecule has 1 heterocycles. The largest absolute Gasteiger partial charge is 0.349 e. The molecule has 3 nitrogen and oxygen atoms in total. The Kier molecular flexibility index (Phi) is 7.05. The number of allylic oxidation sites excluding steroid dienone is 1. The molecule has 1 aliphatic rings. The molecule has 1 rings (SSSR count). The number of halogens is 1. The normalized spacial score (nSPS) is 17.7. The molecule has 1 aliphatic heterocycles. The fourth-order valence-electron chi connectivity index (χ4n) is 1.09. The molecule has 0 aromatic heterocycles. The fourth-order valence-corrected chi connectivity index (χ4v) is 1.99. The van der Waals surface area contributed by atoms with E-state index in [0.29, 0.717) is 6.54 Å². The molecule has 1 atom stereocenters. The van der Waals surface area contributed by atoms with E-state index in [9.17, 15) is 4.79 Å². The van der Waals surface area contributed by atoms with Gasteiger partial charge in [0.2, 0.25) is 5.91 Å². The molecular weight excluding hydrogens is 220 g/mol. The van der Waals surface area contributed by atoms with Gasteiger partial charge in [0.15, 0.2) is 0 Å². The highest BCUT2D eigenvalue weighted by molar-refractivity contribution is 7.99. The monoisotopic (exact) mass is 236 g/mol. The summed E-state index contributed by atoms with van der Waals surface area (Å²) in [6, 6.07) is 0.0697. The van der Waals surface area contributed by atoms with Crippen LogP contribution in [0.25, 0.3) is 0 Å². The van der Waals surface area contributed by atoms with Gasteiger partial charge < -0.3 is 11.1 Å². The van der Waals surface area contributed by atoms with E-state index in [-0.39, 0.29) is 24.4 Å². The topological polar surface area (TPSA) is 55.1 Å². The highest BCUT2D eigenvalue weighted by Gasteiger charge is 2.13. The summed E-state index contributed by atoms with van der Waals surface area (Å²) in [4.78, 5) is 11.5. The van der Waals surface area contributed by atoms with Gasteiger partial charge in [0.1, 0.15) is 0 Å². The summed E-state index contributed by atoms with van der Waals surface area (Å²) in [6.45, 7) is 2.40. The van der Waals surface area contributed by atoms with Crippen LogP contribution >= 0.6 is 24.2 Å². The molecule has 3 N–H and O–H groups in total. The maximum atomic E-state index is 11.5. The number of thioether (sulfide) groups is 1. The second kappa shape index (κ2) is 7.15. The summed E-state index contributed by atoms with van der Waals surface area (Å²) in [7, 11) is 0. The van der Waals surface area contributed by atoms with E-state index < -0.39 is 0 Å². The van der Waals surface area contributed by atoms with Gasteiger partial charge in [-0.25, -0.2) is 0 Å². The maximum Gasteiger partial charge on any atom is 0.247 e. The lowest BCUT2D eigenvalue weighted by Crippen LogP contribution is -2.39. The van der Waals surface area contributed by atoms with Crippen LogP contribution in [0.2, 0.25) is 0 Å². The quantitative estimate of drug-likeness (QED) is 0.767. The van der Waals surface area contributed by atoms with Crippen LogP contribution in [-0.4, -0.2) is 30.0 Å². The van der Waals surface area contributed by atoms with Crippen molar-refractivity contribution in [2.24, 2.45) is 5.73 Å². The third-order valence-electron chi connectivity index (χ3n) is 1.93. The van der Waals surface area contributed by atoms with Crippen LogP contribution in [0.5, 0.6) is 0 Å². The highest BCUT2D eigenvalue weighted by atomic mass is 35.5. The van der Waals surface area contributed by atoms with Crippen molar-refractivity contribution < 1.29 is 4.79 Å². The van der Waals surface area contributed by atoms with Crippen molar-refractivity contribution in [2.45, 2.75) is 19.4 Å². The Morgan fingerprint density at radius 3 is 3.00 bits per heavy atom. The molecule has 0 fully saturated rings. The van der Waals surface area contributed by atoms with Crippen molar-refractivity contribution in [1.29, 1.82) is 0 Å². The molecule has 1 amide bonds. The lowest BCUT2D eigenvalue weighted by molar-refractivity contribution is -0.117. The van der Waals surface area contributed by atoms with E-state index in [2.05, 4.69) is 5.32 Å². The molecule has 0 spiro atoms. The number of hydrogen-bond donors (Lipinski definition) is 2. The van der Waals surface area contributed by atoms with E-state index in [0.717, 1.165) is 23.5 Å². The number of carbonyl (C=O) groups is 1. The average Bonchev–Trinajstić information content (AvgIpc) is 2.19. The Bertz CT molecular complexity index is 221. The molecule has 0 saturated heterocycles. The van der Waals surface area contributed by atoms with Crippen LogP contribution < -0.4 is 11.1 Å². The van der Waals surface area contributed by atoms with Gasteiger partial charge in [-0.1, -0.05) is 6.08 Å². The van der Waals surface area contributed by atoms with Crippen molar-refractivity contribution in [1.82, 2.24) is 5.32 Å². The van der Waals surface area contributed by atoms with E-state index in [1.807, 2.05) is 13.0 Å². The minimum absolute atomic E-state index is 0. The van der Waals surface area contributed by atoms with E-state index in [1.165, 1.54) is 0 Å². The van der Waals surface area contributed by atoms with E-state index in [4.69, 9.17) is 5.73 Å². The number of carbonyl (C=O) groups excluding carboxylic acids is 1. The Morgan fingerprint density at radius 1 is 1.79 bits per heavy atom. The molecule has 0 aliphatic carbocycles. The van der Waals surface area contributed by atoms with Crippen molar-refractivity contribution in [2.75, 3.05) is 18.1 Å². The summed E-state index contributed by atoms with van der Waals surface area (Å²) in [6.07, 6.45) is 3.03. The Morgan fingerprint density at radius 2 is 2.50 bits per heavy atom. The third-order valence-corrected chi connectivity index (χ3v) is 2.97. The molecule has 14 heavy (non-hydrogen) atoms. The molecule has 5 heteroatoms. The molecule has 82 valence electrons. The summed E-state index contributed by atoms with van der Waals surface area (Å²) < 4.78 is 0. The zero-order valence-corrected chi connectivity index (χ0v) is 9.92. The smallest absolute Gasteiger partial charge is 0.247 e. The molecule has 0 unspecified atom stereocenters. The third kappa shape index (κ3) is 4.35. The fraction of sp³-hybridized carbons (Fsp3) is 0.667. The van der Waals surface area contributed by atoms with Crippen LogP contribution in [0.15, 0.2) is 11.6 Å². The predicted octanol–water partition coefficient (Wildman–Crippen LogP) is 0.935. The standard InChI is InChI=1S/C9H16N2OS.ClH/c1-7(5-10)11-9(12)8-3-2-4-13-6-8;/h3,7H,2,4-6,10H2,1H3,(H,11,12);1H/t7-;/m0./s1. The van der Waals surface area contributed by atoms with Gasteiger partial charge in [-0.3, -0.25) is 4.79 Å². The van der Waals surface area contributed by atoms with Crippen molar-refractivity contribution >= 4 is 30.1 Å². The number of amides is 1. The number of nitrogens with one attached hydrogen (secondary N) is 1. The van der Waals surface area contributed by atoms with Crippen molar-refractivity contribution in [3.63, 3.8) is 0 Å². The zero-order valence-electron chi connectivity index (χ0n) is 8.29. The minimum Gasteiger partial charge on any atom is -0.349 e. The summed E-state index contributed by atoms with van der Waals surface area (Å²) in [5, 5.41) is 2.85. The highest BCUT2D eigenvalue weighted by Crippen LogP contribution is 2.16. The van der Waals surface area contributed by atoms with Crippen LogP contribution in [0, 0.1) is 0 Å². The number of nitrogens with two attached hydrogens (primary N) is 1. The van der Waals surface area contributed by atoms with Gasteiger partial charge in [-0.15, -0.1) is 12.4 Å². The summed E-state index contributed by atoms with van der Waals surface area (Å²) in [5.41, 5.74) is 6.31. The molecule has 0 bridgehead atoms. The van der Waals surface area contributed by atoms with Gasteiger partial charge in [-0.2, -0.15) is 11.8 Å². The Labute approximate surface area is 95.3 Å². The van der Waals surface area contributed by atoms with Gasteiger partial charge in [-0.05, 0) is 19.1 Å². The average molecular weight is 237 g/mol. The van der Waals surface area contributed by atoms with Crippen LogP contribution in [-0.2, 0) is 4.79 Å². The van der Waals surface area contributed by atoms with Crippen LogP contribution in [0.3, 0.4) is 0 Å². The number of rotatable bonds is 3. The van der Waals surface area contributed by atoms with Crippen LogP contribution in [0.1, 0.15) is 13.3 Å². The predicted molar refractivity (Wildman–Crippen MR) is 63.9 cm³/mol. The van der Waals surface area contributed by atoms with Crippen molar-refractivity contribution in [3.8, 4) is 0 Å². The number of hydrogen-bond acceptors (Lipinski definition) is 3. The molecule has 0 aromatic rings. The lowest BCUT2D eigenvalue weighted by atomic mass is 10.2. The second-order valence-electron chi connectivity index (χ2n) is 3.18. The lowest BCUT2D eigenvalue weighted by Gasteiger charge is -2.15. The second-order valence-corrected chi connectivity index (χ2v) is 4.29. The van der Waals surface area contributed by atoms with E-state index in [1.54, 1.807) is 11.8 Å². The van der Waals surface area contributed by atoms with Crippen LogP contribution in [0.4, 0.5) is 0 Å². The molecule has 0 aromatic carbocycles. The first-order valence-corrected chi connectivity index (χ1v) is 5.67. The molecular formula is C9H17ClN2OS. The molecule has 0 radical (unpaired) electrons. The van der Waals surface area contributed by atoms with Gasteiger partial charge >= 0.3 is 0 Å². The Hall–Kier alpha value is -0.190. The van der Waals surface area contributed by atoms with Gasteiger partial charge in [0.25, 0.3) is 0 Å².